The second-order valence-electron chi connectivity index (χ2n) is 7.41. The number of amides is 1. The summed E-state index contributed by atoms with van der Waals surface area (Å²) in [4.78, 5) is 12.6. The number of carbonyl (C=O) groups excluding carboxylic acids is 1. The Labute approximate surface area is 217 Å². The molecule has 0 heterocycles. The van der Waals surface area contributed by atoms with E-state index in [0.29, 0.717) is 22.3 Å². The summed E-state index contributed by atoms with van der Waals surface area (Å²) in [5.41, 5.74) is 1.39. The zero-order valence-electron chi connectivity index (χ0n) is 19.3. The van der Waals surface area contributed by atoms with Crippen LogP contribution in [0.3, 0.4) is 0 Å². The average Bonchev–Trinajstić information content (AvgIpc) is 2.87. The van der Waals surface area contributed by atoms with Gasteiger partial charge in [-0.3, -0.25) is 9.69 Å². The Morgan fingerprint density at radius 1 is 0.919 bits per heavy atom. The molecule has 0 saturated carbocycles. The first-order valence-corrected chi connectivity index (χ1v) is 12.4. The Bertz CT molecular complexity index is 1500. The number of anilines is 2. The van der Waals surface area contributed by atoms with E-state index < -0.39 is 49.8 Å². The van der Waals surface area contributed by atoms with Crippen molar-refractivity contribution in [1.29, 1.82) is 0 Å². The predicted molar refractivity (Wildman–Crippen MR) is 129 cm³/mol. The van der Waals surface area contributed by atoms with Gasteiger partial charge in [0.25, 0.3) is 0 Å². The lowest BCUT2D eigenvalue weighted by atomic mass is 10.1. The van der Waals surface area contributed by atoms with Gasteiger partial charge >= 0.3 is 10.1 Å². The largest absolute Gasteiger partial charge is 0.495 e. The van der Waals surface area contributed by atoms with E-state index in [4.69, 9.17) is 4.74 Å². The van der Waals surface area contributed by atoms with Gasteiger partial charge in [-0.25, -0.2) is 13.2 Å². The van der Waals surface area contributed by atoms with E-state index in [9.17, 15) is 35.2 Å². The summed E-state index contributed by atoms with van der Waals surface area (Å²) < 4.78 is 104. The summed E-state index contributed by atoms with van der Waals surface area (Å²) in [6, 6.07) is 6.43. The molecule has 0 bridgehead atoms. The van der Waals surface area contributed by atoms with Gasteiger partial charge in [0.15, 0.2) is 0 Å². The molecule has 1 amide bonds. The fourth-order valence-electron chi connectivity index (χ4n) is 3.28. The normalized spacial score (nSPS) is 11.6. The molecule has 0 spiro atoms. The second kappa shape index (κ2) is 10.9. The van der Waals surface area contributed by atoms with Crippen LogP contribution in [0.15, 0.2) is 45.8 Å². The van der Waals surface area contributed by atoms with Crippen LogP contribution in [-0.4, -0.2) is 21.9 Å². The lowest BCUT2D eigenvalue weighted by molar-refractivity contribution is -0.106. The lowest BCUT2D eigenvalue weighted by Gasteiger charge is -2.23. The molecule has 0 N–H and O–H groups in total. The lowest BCUT2D eigenvalue weighted by Crippen LogP contribution is -2.18. The van der Waals surface area contributed by atoms with Crippen LogP contribution in [0.1, 0.15) is 18.1 Å². The number of aryl methyl sites for hydroxylation is 1. The van der Waals surface area contributed by atoms with E-state index in [1.165, 1.54) is 30.2 Å². The third-order valence-electron chi connectivity index (χ3n) is 5.08. The summed E-state index contributed by atoms with van der Waals surface area (Å²) in [7, 11) is -3.70. The van der Waals surface area contributed by atoms with Crippen molar-refractivity contribution in [2.45, 2.75) is 18.7 Å². The number of carbonyl (C=O) groups is 1. The maximum atomic E-state index is 14.0. The molecular weight excluding hydrogens is 589 g/mol. The number of hydrogen-bond donors (Lipinski definition) is 0. The highest BCUT2D eigenvalue weighted by Gasteiger charge is 2.31. The van der Waals surface area contributed by atoms with Gasteiger partial charge in [-0.2, -0.15) is 17.2 Å². The smallest absolute Gasteiger partial charge is 0.339 e. The second-order valence-corrected chi connectivity index (χ2v) is 9.81. The summed E-state index contributed by atoms with van der Waals surface area (Å²) in [6.45, 7) is 3.38. The number of nitrogens with zero attached hydrogens (tertiary/aromatic N) is 1. The molecular formula is C24H17BrF5NO5S. The maximum Gasteiger partial charge on any atom is 0.339 e. The van der Waals surface area contributed by atoms with Gasteiger partial charge in [-0.1, -0.05) is 28.1 Å². The van der Waals surface area contributed by atoms with Gasteiger partial charge in [0.2, 0.25) is 41.2 Å². The van der Waals surface area contributed by atoms with E-state index in [-0.39, 0.29) is 11.3 Å². The molecule has 0 atom stereocenters. The Balaban J connectivity index is 2.14. The molecule has 0 aliphatic heterocycles. The van der Waals surface area contributed by atoms with Crippen molar-refractivity contribution in [1.82, 2.24) is 0 Å². The Hall–Kier alpha value is -3.45. The summed E-state index contributed by atoms with van der Waals surface area (Å²) in [5, 5.41) is 0. The summed E-state index contributed by atoms with van der Waals surface area (Å²) in [6.07, 6.45) is 3.42. The van der Waals surface area contributed by atoms with Crippen molar-refractivity contribution in [2.75, 3.05) is 12.0 Å². The number of rotatable bonds is 8. The van der Waals surface area contributed by atoms with Gasteiger partial charge < -0.3 is 8.92 Å². The summed E-state index contributed by atoms with van der Waals surface area (Å²) in [5.74, 6) is -13.8. The molecule has 0 aliphatic carbocycles. The first-order chi connectivity index (χ1) is 17.4. The molecule has 13 heteroatoms. The number of allylic oxidation sites excluding steroid dienone is 1. The van der Waals surface area contributed by atoms with Crippen LogP contribution in [0.2, 0.25) is 0 Å². The number of ether oxygens (including phenoxy) is 1. The first-order valence-electron chi connectivity index (χ1n) is 10.2. The fourth-order valence-corrected chi connectivity index (χ4v) is 4.57. The molecule has 0 radical (unpaired) electrons. The molecule has 0 fully saturated rings. The summed E-state index contributed by atoms with van der Waals surface area (Å²) >= 11 is 3.37. The van der Waals surface area contributed by atoms with Crippen LogP contribution >= 0.6 is 15.9 Å². The van der Waals surface area contributed by atoms with Crippen LogP contribution in [0.5, 0.6) is 11.5 Å². The van der Waals surface area contributed by atoms with Crippen LogP contribution in [0.25, 0.3) is 6.08 Å². The number of benzene rings is 3. The first kappa shape index (κ1) is 28.1. The molecule has 3 aromatic rings. The fraction of sp³-hybridized carbons (Fsp3) is 0.125. The SMILES string of the molecule is C/C=C\c1cc(S(=O)(=O)Oc2c(F)c(F)c(F)c(F)c2F)ccc1N(C=O)c1cc(C)c(Br)cc1OC. The van der Waals surface area contributed by atoms with Crippen molar-refractivity contribution >= 4 is 49.9 Å². The van der Waals surface area contributed by atoms with E-state index in [2.05, 4.69) is 20.1 Å². The Morgan fingerprint density at radius 3 is 2.05 bits per heavy atom. The molecule has 0 unspecified atom stereocenters. The van der Waals surface area contributed by atoms with Gasteiger partial charge in [-0.05, 0) is 55.3 Å². The van der Waals surface area contributed by atoms with E-state index in [1.807, 2.05) is 0 Å². The molecule has 37 heavy (non-hydrogen) atoms. The van der Waals surface area contributed by atoms with Gasteiger partial charge in [0, 0.05) is 4.47 Å². The minimum Gasteiger partial charge on any atom is -0.495 e. The van der Waals surface area contributed by atoms with Gasteiger partial charge in [0.05, 0.1) is 18.5 Å². The maximum absolute atomic E-state index is 14.0. The molecule has 196 valence electrons. The highest BCUT2D eigenvalue weighted by atomic mass is 79.9. The minimum absolute atomic E-state index is 0.138. The van der Waals surface area contributed by atoms with Crippen LogP contribution in [0, 0.1) is 36.0 Å². The Kier molecular flexibility index (Phi) is 8.28. The molecule has 3 aromatic carbocycles. The standard InChI is InChI=1S/C24H17BrF5NO5S/c1-4-5-13-9-14(37(33,34)36-24-22(29)20(27)19(26)21(28)23(24)30)6-7-16(13)31(11-32)17-8-12(2)15(25)10-18(17)35-3/h4-11H,1-3H3/b5-4-. The van der Waals surface area contributed by atoms with Crippen molar-refractivity contribution < 1.29 is 44.1 Å². The number of hydrogen-bond acceptors (Lipinski definition) is 5. The minimum atomic E-state index is -5.09. The van der Waals surface area contributed by atoms with Crippen molar-refractivity contribution in [3.63, 3.8) is 0 Å². The zero-order chi connectivity index (χ0) is 27.7. The highest BCUT2D eigenvalue weighted by molar-refractivity contribution is 9.10. The van der Waals surface area contributed by atoms with Crippen LogP contribution < -0.4 is 13.8 Å². The zero-order valence-corrected chi connectivity index (χ0v) is 21.7. The van der Waals surface area contributed by atoms with Crippen molar-refractivity contribution in [2.24, 2.45) is 0 Å². The van der Waals surface area contributed by atoms with Gasteiger partial charge in [0.1, 0.15) is 10.6 Å². The number of methoxy groups -OCH3 is 1. The predicted octanol–water partition coefficient (Wildman–Crippen LogP) is 6.56. The topological polar surface area (TPSA) is 72.9 Å². The third kappa shape index (κ3) is 5.32. The van der Waals surface area contributed by atoms with Crippen LogP contribution in [0.4, 0.5) is 33.3 Å². The number of halogens is 6. The van der Waals surface area contributed by atoms with Crippen LogP contribution in [-0.2, 0) is 14.9 Å². The molecule has 3 rings (SSSR count). The molecule has 0 saturated heterocycles. The highest BCUT2D eigenvalue weighted by Crippen LogP contribution is 2.39. The molecule has 6 nitrogen and oxygen atoms in total. The van der Waals surface area contributed by atoms with E-state index in [0.717, 1.165) is 17.7 Å². The van der Waals surface area contributed by atoms with E-state index >= 15 is 0 Å². The van der Waals surface area contributed by atoms with E-state index in [1.54, 1.807) is 26.0 Å². The monoisotopic (exact) mass is 605 g/mol. The third-order valence-corrected chi connectivity index (χ3v) is 7.15. The van der Waals surface area contributed by atoms with Gasteiger partial charge in [-0.15, -0.1) is 0 Å². The average molecular weight is 606 g/mol. The Morgan fingerprint density at radius 2 is 1.51 bits per heavy atom. The molecule has 0 aliphatic rings. The van der Waals surface area contributed by atoms with Crippen molar-refractivity contribution in [3.05, 3.63) is 81.1 Å². The van der Waals surface area contributed by atoms with Crippen molar-refractivity contribution in [3.8, 4) is 11.5 Å². The quantitative estimate of drug-likeness (QED) is 0.0956. The molecule has 0 aromatic heterocycles.